The molecule has 0 aliphatic heterocycles. The zero-order valence-corrected chi connectivity index (χ0v) is 14.2. The van der Waals surface area contributed by atoms with Crippen molar-refractivity contribution < 1.29 is 4.74 Å². The number of hydrogen-bond donors (Lipinski definition) is 1. The summed E-state index contributed by atoms with van der Waals surface area (Å²) >= 11 is 3.38. The number of nitrogens with zero attached hydrogens (tertiary/aromatic N) is 3. The molecule has 1 fully saturated rings. The van der Waals surface area contributed by atoms with Gasteiger partial charge in [0.1, 0.15) is 4.47 Å². The van der Waals surface area contributed by atoms with Gasteiger partial charge in [-0.2, -0.15) is 5.10 Å². The Hall–Kier alpha value is -0.920. The third-order valence-electron chi connectivity index (χ3n) is 3.60. The molecule has 1 aliphatic rings. The molecule has 2 rings (SSSR count). The highest BCUT2D eigenvalue weighted by Crippen LogP contribution is 2.30. The fraction of sp³-hybridized carbons (Fsp3) is 0.714. The van der Waals surface area contributed by atoms with Crippen molar-refractivity contribution in [3.05, 3.63) is 21.0 Å². The number of likely N-dealkylation sites (N-methyl/N-ethyl adjacent to an activating group) is 1. The smallest absolute Gasteiger partial charge is 0.283 e. The average molecular weight is 359 g/mol. The van der Waals surface area contributed by atoms with Crippen LogP contribution in [0.2, 0.25) is 0 Å². The first-order valence-electron chi connectivity index (χ1n) is 7.28. The molecule has 0 aromatic carbocycles. The van der Waals surface area contributed by atoms with Gasteiger partial charge in [-0.1, -0.05) is 0 Å². The van der Waals surface area contributed by atoms with E-state index in [1.54, 1.807) is 18.0 Å². The number of anilines is 1. The number of methoxy groups -OCH3 is 1. The lowest BCUT2D eigenvalue weighted by Gasteiger charge is -2.17. The lowest BCUT2D eigenvalue weighted by Crippen LogP contribution is -2.29. The molecule has 1 heterocycles. The van der Waals surface area contributed by atoms with Crippen LogP contribution in [0.3, 0.4) is 0 Å². The molecule has 0 radical (unpaired) electrons. The van der Waals surface area contributed by atoms with E-state index in [1.807, 2.05) is 7.05 Å². The van der Waals surface area contributed by atoms with Crippen LogP contribution in [0.1, 0.15) is 12.8 Å². The highest BCUT2D eigenvalue weighted by Gasteiger charge is 2.23. The highest BCUT2D eigenvalue weighted by atomic mass is 79.9. The molecule has 1 N–H and O–H groups in total. The lowest BCUT2D eigenvalue weighted by molar-refractivity contribution is 0.163. The van der Waals surface area contributed by atoms with Gasteiger partial charge < -0.3 is 15.0 Å². The van der Waals surface area contributed by atoms with Gasteiger partial charge in [0.15, 0.2) is 0 Å². The van der Waals surface area contributed by atoms with Crippen LogP contribution in [0.25, 0.3) is 0 Å². The summed E-state index contributed by atoms with van der Waals surface area (Å²) in [5.41, 5.74) is 0.701. The summed E-state index contributed by atoms with van der Waals surface area (Å²) in [5, 5.41) is 7.50. The van der Waals surface area contributed by atoms with Crippen molar-refractivity contribution >= 4 is 21.6 Å². The predicted octanol–water partition coefficient (Wildman–Crippen LogP) is 1.41. The van der Waals surface area contributed by atoms with E-state index in [0.29, 0.717) is 10.4 Å². The van der Waals surface area contributed by atoms with Crippen LogP contribution >= 0.6 is 15.9 Å². The van der Waals surface area contributed by atoms with Gasteiger partial charge >= 0.3 is 0 Å². The molecule has 0 saturated heterocycles. The molecule has 0 atom stereocenters. The van der Waals surface area contributed by atoms with Crippen LogP contribution in [-0.4, -0.2) is 55.1 Å². The first kappa shape index (κ1) is 16.5. The van der Waals surface area contributed by atoms with E-state index in [0.717, 1.165) is 38.5 Å². The van der Waals surface area contributed by atoms with Crippen molar-refractivity contribution in [2.24, 2.45) is 5.92 Å². The van der Waals surface area contributed by atoms with E-state index in [2.05, 4.69) is 31.2 Å². The van der Waals surface area contributed by atoms with Gasteiger partial charge in [-0.05, 0) is 41.7 Å². The zero-order chi connectivity index (χ0) is 15.2. The van der Waals surface area contributed by atoms with Crippen LogP contribution in [0, 0.1) is 5.92 Å². The van der Waals surface area contributed by atoms with E-state index in [4.69, 9.17) is 4.74 Å². The number of hydrogen-bond acceptors (Lipinski definition) is 5. The maximum absolute atomic E-state index is 12.2. The topological polar surface area (TPSA) is 59.4 Å². The lowest BCUT2D eigenvalue weighted by atomic mass is 10.4. The van der Waals surface area contributed by atoms with E-state index in [-0.39, 0.29) is 5.56 Å². The minimum absolute atomic E-state index is 0.0559. The van der Waals surface area contributed by atoms with Gasteiger partial charge in [-0.25, -0.2) is 4.68 Å². The van der Waals surface area contributed by atoms with Gasteiger partial charge in [0, 0.05) is 33.3 Å². The summed E-state index contributed by atoms with van der Waals surface area (Å²) in [7, 11) is 3.74. The number of halogens is 1. The van der Waals surface area contributed by atoms with Crippen molar-refractivity contribution in [2.75, 3.05) is 45.7 Å². The number of aromatic nitrogens is 2. The Kier molecular flexibility index (Phi) is 6.20. The molecule has 1 aromatic rings. The second kappa shape index (κ2) is 7.91. The van der Waals surface area contributed by atoms with Crippen LogP contribution in [-0.2, 0) is 11.3 Å². The third kappa shape index (κ3) is 5.09. The van der Waals surface area contributed by atoms with Gasteiger partial charge in [0.25, 0.3) is 5.56 Å². The Morgan fingerprint density at radius 3 is 2.95 bits per heavy atom. The summed E-state index contributed by atoms with van der Waals surface area (Å²) in [6.45, 7) is 3.98. The van der Waals surface area contributed by atoms with Gasteiger partial charge in [-0.3, -0.25) is 4.79 Å². The number of ether oxygens (including phenoxy) is 1. The standard InChI is InChI=1S/C14H23BrN4O2/c1-18(7-8-21-2)6-5-16-12-9-17-19(10-11-3-4-11)14(20)13(12)15/h9,11,16H,3-8,10H2,1-2H3. The van der Waals surface area contributed by atoms with Crippen LogP contribution in [0.15, 0.2) is 15.5 Å². The largest absolute Gasteiger partial charge is 0.383 e. The van der Waals surface area contributed by atoms with Crippen molar-refractivity contribution in [2.45, 2.75) is 19.4 Å². The molecule has 1 aromatic heterocycles. The molecule has 0 unspecified atom stereocenters. The van der Waals surface area contributed by atoms with Gasteiger partial charge in [0.2, 0.25) is 0 Å². The van der Waals surface area contributed by atoms with Crippen molar-refractivity contribution in [3.63, 3.8) is 0 Å². The minimum Gasteiger partial charge on any atom is -0.383 e. The van der Waals surface area contributed by atoms with Gasteiger partial charge in [0.05, 0.1) is 18.5 Å². The normalized spacial score (nSPS) is 14.7. The third-order valence-corrected chi connectivity index (χ3v) is 4.37. The number of rotatable bonds is 9. The monoisotopic (exact) mass is 358 g/mol. The Morgan fingerprint density at radius 1 is 1.52 bits per heavy atom. The first-order valence-corrected chi connectivity index (χ1v) is 8.08. The molecule has 118 valence electrons. The van der Waals surface area contributed by atoms with E-state index in [1.165, 1.54) is 12.8 Å². The maximum atomic E-state index is 12.2. The predicted molar refractivity (Wildman–Crippen MR) is 86.8 cm³/mol. The fourth-order valence-corrected chi connectivity index (χ4v) is 2.45. The SMILES string of the molecule is COCCN(C)CCNc1cnn(CC2CC2)c(=O)c1Br. The Balaban J connectivity index is 1.85. The Bertz CT molecular complexity index is 516. The van der Waals surface area contributed by atoms with Gasteiger partial charge in [-0.15, -0.1) is 0 Å². The van der Waals surface area contributed by atoms with Crippen molar-refractivity contribution in [3.8, 4) is 0 Å². The first-order chi connectivity index (χ1) is 10.1. The second-order valence-electron chi connectivity index (χ2n) is 5.53. The second-order valence-corrected chi connectivity index (χ2v) is 6.32. The molecular formula is C14H23BrN4O2. The molecule has 0 bridgehead atoms. The molecular weight excluding hydrogens is 336 g/mol. The van der Waals surface area contributed by atoms with E-state index >= 15 is 0 Å². The summed E-state index contributed by atoms with van der Waals surface area (Å²) in [4.78, 5) is 14.4. The van der Waals surface area contributed by atoms with Crippen LogP contribution in [0.4, 0.5) is 5.69 Å². The molecule has 1 aliphatic carbocycles. The molecule has 6 nitrogen and oxygen atoms in total. The van der Waals surface area contributed by atoms with E-state index < -0.39 is 0 Å². The molecule has 0 spiro atoms. The van der Waals surface area contributed by atoms with E-state index in [9.17, 15) is 4.79 Å². The highest BCUT2D eigenvalue weighted by molar-refractivity contribution is 9.10. The molecule has 1 saturated carbocycles. The average Bonchev–Trinajstić information content (AvgIpc) is 3.28. The quantitative estimate of drug-likeness (QED) is 0.723. The Morgan fingerprint density at radius 2 is 2.29 bits per heavy atom. The minimum atomic E-state index is -0.0559. The summed E-state index contributed by atoms with van der Waals surface area (Å²) in [5.74, 6) is 0.635. The zero-order valence-electron chi connectivity index (χ0n) is 12.6. The fourth-order valence-electron chi connectivity index (χ4n) is 2.00. The maximum Gasteiger partial charge on any atom is 0.283 e. The van der Waals surface area contributed by atoms with Crippen LogP contribution in [0.5, 0.6) is 0 Å². The van der Waals surface area contributed by atoms with Crippen LogP contribution < -0.4 is 10.9 Å². The number of nitrogens with one attached hydrogen (secondary N) is 1. The molecule has 0 amide bonds. The molecule has 7 heteroatoms. The van der Waals surface area contributed by atoms with Crippen molar-refractivity contribution in [1.29, 1.82) is 0 Å². The summed E-state index contributed by atoms with van der Waals surface area (Å²) < 4.78 is 7.16. The molecule has 21 heavy (non-hydrogen) atoms. The Labute approximate surface area is 133 Å². The summed E-state index contributed by atoms with van der Waals surface area (Å²) in [6, 6.07) is 0. The van der Waals surface area contributed by atoms with Crippen molar-refractivity contribution in [1.82, 2.24) is 14.7 Å². The summed E-state index contributed by atoms with van der Waals surface area (Å²) in [6.07, 6.45) is 4.14.